The average Bonchev–Trinajstić information content (AvgIpc) is 2.53. The molecule has 3 heteroatoms. The van der Waals surface area contributed by atoms with E-state index in [2.05, 4.69) is 32.9 Å². The van der Waals surface area contributed by atoms with Crippen molar-refractivity contribution in [3.05, 3.63) is 34.9 Å². The molecule has 1 unspecified atom stereocenters. The summed E-state index contributed by atoms with van der Waals surface area (Å²) in [5.41, 5.74) is 2.87. The second kappa shape index (κ2) is 6.79. The molecule has 2 atom stereocenters. The molecule has 0 aromatic heterocycles. The highest BCUT2D eigenvalue weighted by Crippen LogP contribution is 2.53. The highest BCUT2D eigenvalue weighted by molar-refractivity contribution is 5.54. The number of aliphatic hydroxyl groups excluding tert-OH is 1. The molecule has 0 saturated carbocycles. The first-order chi connectivity index (χ1) is 11.5. The summed E-state index contributed by atoms with van der Waals surface area (Å²) in [4.78, 5) is 0. The van der Waals surface area contributed by atoms with Crippen LogP contribution in [0.1, 0.15) is 69.9 Å². The van der Waals surface area contributed by atoms with E-state index in [4.69, 9.17) is 4.74 Å². The van der Waals surface area contributed by atoms with Crippen molar-refractivity contribution in [2.45, 2.75) is 70.8 Å². The third-order valence-corrected chi connectivity index (χ3v) is 5.68. The van der Waals surface area contributed by atoms with E-state index in [0.29, 0.717) is 11.7 Å². The van der Waals surface area contributed by atoms with Crippen molar-refractivity contribution in [3.63, 3.8) is 0 Å². The van der Waals surface area contributed by atoms with E-state index in [-0.39, 0.29) is 18.1 Å². The molecule has 3 nitrogen and oxygen atoms in total. The number of ether oxygens (including phenoxy) is 1. The molecule has 1 aromatic rings. The predicted molar refractivity (Wildman–Crippen MR) is 96.7 cm³/mol. The lowest BCUT2D eigenvalue weighted by Gasteiger charge is -2.46. The first-order valence-electron chi connectivity index (χ1n) is 9.31. The molecule has 0 radical (unpaired) electrons. The fourth-order valence-electron chi connectivity index (χ4n) is 4.34. The van der Waals surface area contributed by atoms with Crippen LogP contribution >= 0.6 is 0 Å². The summed E-state index contributed by atoms with van der Waals surface area (Å²) in [5, 5.41) is 20.2. The van der Waals surface area contributed by atoms with Crippen LogP contribution in [-0.2, 0) is 6.42 Å². The molecule has 0 saturated heterocycles. The van der Waals surface area contributed by atoms with Crippen LogP contribution in [0.3, 0.4) is 0 Å². The summed E-state index contributed by atoms with van der Waals surface area (Å²) in [6, 6.07) is 4.03. The first-order valence-corrected chi connectivity index (χ1v) is 9.31. The Labute approximate surface area is 145 Å². The number of hydrogen-bond acceptors (Lipinski definition) is 3. The van der Waals surface area contributed by atoms with Crippen LogP contribution in [0.4, 0.5) is 0 Å². The van der Waals surface area contributed by atoms with Crippen LogP contribution in [-0.4, -0.2) is 22.4 Å². The topological polar surface area (TPSA) is 49.7 Å². The van der Waals surface area contributed by atoms with Gasteiger partial charge in [0.25, 0.3) is 0 Å². The zero-order valence-electron chi connectivity index (χ0n) is 15.1. The number of phenols is 1. The molecule has 1 aliphatic heterocycles. The normalized spacial score (nSPS) is 24.6. The number of benzene rings is 1. The Morgan fingerprint density at radius 2 is 2.04 bits per heavy atom. The molecule has 2 N–H and O–H groups in total. The predicted octanol–water partition coefficient (Wildman–Crippen LogP) is 4.71. The maximum absolute atomic E-state index is 10.7. The van der Waals surface area contributed by atoms with Gasteiger partial charge in [0.15, 0.2) is 0 Å². The Morgan fingerprint density at radius 1 is 1.25 bits per heavy atom. The van der Waals surface area contributed by atoms with Crippen molar-refractivity contribution < 1.29 is 14.9 Å². The maximum Gasteiger partial charge on any atom is 0.127 e. The standard InChI is InChI=1S/C21H30O3/c1-4-5-6-7-14-11-18(23)20-16-10-15(13-22)8-9-17(16)21(2,3)24-19(20)12-14/h10-12,16-17,22-23H,4-9,13H2,1-3H3/t16?,17-/m1/s1. The number of fused-ring (bicyclic) bond motifs is 3. The molecule has 0 fully saturated rings. The van der Waals surface area contributed by atoms with E-state index in [1.807, 2.05) is 6.07 Å². The summed E-state index contributed by atoms with van der Waals surface area (Å²) in [7, 11) is 0. The molecule has 1 heterocycles. The Balaban J connectivity index is 1.99. The van der Waals surface area contributed by atoms with E-state index in [1.165, 1.54) is 12.8 Å². The molecular weight excluding hydrogens is 300 g/mol. The SMILES string of the molecule is CCCCCc1cc(O)c2c(c1)OC(C)(C)[C@@H]1CCC(CO)=CC21. The first kappa shape index (κ1) is 17.3. The summed E-state index contributed by atoms with van der Waals surface area (Å²) in [6.45, 7) is 6.60. The van der Waals surface area contributed by atoms with E-state index in [1.54, 1.807) is 0 Å². The van der Waals surface area contributed by atoms with Crippen LogP contribution < -0.4 is 4.74 Å². The van der Waals surface area contributed by atoms with Gasteiger partial charge in [-0.05, 0) is 62.8 Å². The minimum Gasteiger partial charge on any atom is -0.507 e. The maximum atomic E-state index is 10.7. The van der Waals surface area contributed by atoms with E-state index in [9.17, 15) is 10.2 Å². The third-order valence-electron chi connectivity index (χ3n) is 5.68. The van der Waals surface area contributed by atoms with E-state index >= 15 is 0 Å². The molecule has 1 aromatic carbocycles. The number of aryl methyl sites for hydroxylation is 1. The molecule has 2 aliphatic rings. The van der Waals surface area contributed by atoms with Crippen LogP contribution in [0.25, 0.3) is 0 Å². The van der Waals surface area contributed by atoms with Crippen molar-refractivity contribution in [1.82, 2.24) is 0 Å². The number of aliphatic hydroxyl groups is 1. The second-order valence-corrected chi connectivity index (χ2v) is 7.84. The van der Waals surface area contributed by atoms with Gasteiger partial charge in [0.2, 0.25) is 0 Å². The van der Waals surface area contributed by atoms with E-state index in [0.717, 1.165) is 48.1 Å². The van der Waals surface area contributed by atoms with Gasteiger partial charge in [-0.15, -0.1) is 0 Å². The number of allylic oxidation sites excluding steroid dienone is 1. The van der Waals surface area contributed by atoms with Crippen molar-refractivity contribution in [1.29, 1.82) is 0 Å². The van der Waals surface area contributed by atoms with Gasteiger partial charge in [-0.25, -0.2) is 0 Å². The fourth-order valence-corrected chi connectivity index (χ4v) is 4.34. The summed E-state index contributed by atoms with van der Waals surface area (Å²) in [5.74, 6) is 1.63. The lowest BCUT2D eigenvalue weighted by molar-refractivity contribution is 0.0100. The zero-order valence-corrected chi connectivity index (χ0v) is 15.1. The van der Waals surface area contributed by atoms with Gasteiger partial charge in [0, 0.05) is 17.4 Å². The Bertz CT molecular complexity index is 630. The second-order valence-electron chi connectivity index (χ2n) is 7.84. The fraction of sp³-hybridized carbons (Fsp3) is 0.619. The van der Waals surface area contributed by atoms with Crippen LogP contribution in [0.15, 0.2) is 23.8 Å². The number of hydrogen-bond donors (Lipinski definition) is 2. The van der Waals surface area contributed by atoms with Crippen molar-refractivity contribution in [3.8, 4) is 11.5 Å². The zero-order chi connectivity index (χ0) is 17.3. The number of unbranched alkanes of at least 4 members (excludes halogenated alkanes) is 2. The van der Waals surface area contributed by atoms with Gasteiger partial charge in [-0.1, -0.05) is 25.8 Å². The molecule has 132 valence electrons. The Morgan fingerprint density at radius 3 is 2.75 bits per heavy atom. The van der Waals surface area contributed by atoms with Crippen LogP contribution in [0, 0.1) is 5.92 Å². The van der Waals surface area contributed by atoms with Gasteiger partial charge in [-0.2, -0.15) is 0 Å². The van der Waals surface area contributed by atoms with Gasteiger partial charge in [0.1, 0.15) is 17.1 Å². The van der Waals surface area contributed by atoms with E-state index < -0.39 is 0 Å². The third kappa shape index (κ3) is 3.19. The van der Waals surface area contributed by atoms with Gasteiger partial charge in [-0.3, -0.25) is 0 Å². The Kier molecular flexibility index (Phi) is 4.91. The summed E-state index contributed by atoms with van der Waals surface area (Å²) >= 11 is 0. The largest absolute Gasteiger partial charge is 0.507 e. The van der Waals surface area contributed by atoms with Crippen molar-refractivity contribution >= 4 is 0 Å². The van der Waals surface area contributed by atoms with Crippen LogP contribution in [0.5, 0.6) is 11.5 Å². The average molecular weight is 330 g/mol. The Hall–Kier alpha value is -1.48. The monoisotopic (exact) mass is 330 g/mol. The van der Waals surface area contributed by atoms with Gasteiger partial charge < -0.3 is 14.9 Å². The minimum absolute atomic E-state index is 0.107. The molecule has 24 heavy (non-hydrogen) atoms. The molecular formula is C21H30O3. The quantitative estimate of drug-likeness (QED) is 0.607. The molecule has 3 rings (SSSR count). The highest BCUT2D eigenvalue weighted by atomic mass is 16.5. The van der Waals surface area contributed by atoms with Crippen molar-refractivity contribution in [2.24, 2.45) is 5.92 Å². The summed E-state index contributed by atoms with van der Waals surface area (Å²) in [6.07, 6.45) is 8.57. The lowest BCUT2D eigenvalue weighted by atomic mass is 9.68. The minimum atomic E-state index is -0.260. The van der Waals surface area contributed by atoms with Crippen LogP contribution in [0.2, 0.25) is 0 Å². The van der Waals surface area contributed by atoms with Gasteiger partial charge in [0.05, 0.1) is 6.61 Å². The molecule has 0 bridgehead atoms. The number of phenolic OH excluding ortho intramolecular Hbond substituents is 1. The lowest BCUT2D eigenvalue weighted by Crippen LogP contribution is -2.45. The smallest absolute Gasteiger partial charge is 0.127 e. The number of rotatable bonds is 5. The van der Waals surface area contributed by atoms with Crippen molar-refractivity contribution in [2.75, 3.05) is 6.61 Å². The molecule has 0 amide bonds. The van der Waals surface area contributed by atoms with Gasteiger partial charge >= 0.3 is 0 Å². The number of aromatic hydroxyl groups is 1. The summed E-state index contributed by atoms with van der Waals surface area (Å²) < 4.78 is 6.33. The molecule has 1 aliphatic carbocycles. The molecule has 0 spiro atoms. The highest BCUT2D eigenvalue weighted by Gasteiger charge is 2.45.